The van der Waals surface area contributed by atoms with Crippen molar-refractivity contribution in [1.82, 2.24) is 14.8 Å². The minimum atomic E-state index is -1.01. The number of hydrogen-bond acceptors (Lipinski definition) is 4. The molecule has 1 aromatic heterocycles. The van der Waals surface area contributed by atoms with E-state index in [0.29, 0.717) is 16.8 Å². The van der Waals surface area contributed by atoms with E-state index in [1.807, 2.05) is 24.5 Å². The summed E-state index contributed by atoms with van der Waals surface area (Å²) in [5.74, 6) is -2.44. The highest BCUT2D eigenvalue weighted by molar-refractivity contribution is 6.30. The molecular weight excluding hydrogens is 362 g/mol. The lowest BCUT2D eigenvalue weighted by molar-refractivity contribution is -0.129. The second kappa shape index (κ2) is 6.80. The summed E-state index contributed by atoms with van der Waals surface area (Å²) in [5, 5.41) is 11.5. The smallest absolute Gasteiger partial charge is 0.336 e. The Labute approximate surface area is 161 Å². The van der Waals surface area contributed by atoms with Crippen molar-refractivity contribution in [3.63, 3.8) is 0 Å². The quantitative estimate of drug-likeness (QED) is 0.626. The van der Waals surface area contributed by atoms with Crippen molar-refractivity contribution in [2.75, 3.05) is 7.05 Å². The number of imide groups is 2. The van der Waals surface area contributed by atoms with Gasteiger partial charge in [0, 0.05) is 24.1 Å². The molecule has 0 aliphatic carbocycles. The molecule has 1 aliphatic heterocycles. The number of hydrogen-bond donors (Lipinski definition) is 2. The van der Waals surface area contributed by atoms with E-state index in [9.17, 15) is 24.3 Å². The maximum atomic E-state index is 12.3. The lowest BCUT2D eigenvalue weighted by Gasteiger charge is -2.22. The van der Waals surface area contributed by atoms with E-state index in [4.69, 9.17) is 0 Å². The predicted molar refractivity (Wildman–Crippen MR) is 101 cm³/mol. The maximum absolute atomic E-state index is 12.3. The lowest BCUT2D eigenvalue weighted by atomic mass is 10.1. The van der Waals surface area contributed by atoms with Crippen LogP contribution in [0.5, 0.6) is 0 Å². The molecule has 1 saturated heterocycles. The molecule has 3 rings (SSSR count). The molecule has 28 heavy (non-hydrogen) atoms. The van der Waals surface area contributed by atoms with Gasteiger partial charge in [-0.3, -0.25) is 19.8 Å². The fourth-order valence-electron chi connectivity index (χ4n) is 3.30. The highest BCUT2D eigenvalue weighted by atomic mass is 16.4. The van der Waals surface area contributed by atoms with E-state index in [-0.39, 0.29) is 11.1 Å². The number of aromatic carboxylic acids is 1. The third-order valence-corrected chi connectivity index (χ3v) is 4.85. The standard InChI is InChI=1S/C20H19N3O5/c1-10-8-13(9-15-17(24)21-20(28)22(4)18(15)25)12(3)23(10)16-7-5-6-14(11(16)2)19(26)27/h5-9H,1-4H3,(H,26,27)(H,21,24,28)/b15-9-. The van der Waals surface area contributed by atoms with Crippen molar-refractivity contribution in [3.05, 3.63) is 57.9 Å². The predicted octanol–water partition coefficient (Wildman–Crippen LogP) is 2.19. The summed E-state index contributed by atoms with van der Waals surface area (Å²) < 4.78 is 1.87. The zero-order valence-corrected chi connectivity index (χ0v) is 15.9. The van der Waals surface area contributed by atoms with Crippen LogP contribution >= 0.6 is 0 Å². The van der Waals surface area contributed by atoms with Gasteiger partial charge in [0.25, 0.3) is 11.8 Å². The Hall–Kier alpha value is -3.68. The molecule has 8 nitrogen and oxygen atoms in total. The number of rotatable bonds is 3. The normalized spacial score (nSPS) is 15.9. The third-order valence-electron chi connectivity index (χ3n) is 4.85. The fraction of sp³-hybridized carbons (Fsp3) is 0.200. The summed E-state index contributed by atoms with van der Waals surface area (Å²) in [6.07, 6.45) is 1.44. The van der Waals surface area contributed by atoms with Crippen LogP contribution in [0, 0.1) is 20.8 Å². The van der Waals surface area contributed by atoms with Crippen LogP contribution in [0.4, 0.5) is 4.79 Å². The summed E-state index contributed by atoms with van der Waals surface area (Å²) in [6, 6.07) is 6.05. The van der Waals surface area contributed by atoms with Gasteiger partial charge in [0.05, 0.1) is 5.56 Å². The van der Waals surface area contributed by atoms with Gasteiger partial charge in [-0.05, 0) is 56.2 Å². The topological polar surface area (TPSA) is 109 Å². The summed E-state index contributed by atoms with van der Waals surface area (Å²) in [5.41, 5.74) is 3.53. The number of carbonyl (C=O) groups is 4. The molecule has 2 heterocycles. The van der Waals surface area contributed by atoms with E-state index in [0.717, 1.165) is 16.3 Å². The van der Waals surface area contributed by atoms with Crippen LogP contribution < -0.4 is 5.32 Å². The zero-order chi connectivity index (χ0) is 20.7. The van der Waals surface area contributed by atoms with E-state index < -0.39 is 23.8 Å². The first-order valence-corrected chi connectivity index (χ1v) is 8.50. The summed E-state index contributed by atoms with van der Waals surface area (Å²) in [6.45, 7) is 5.39. The number of carboxylic acid groups (broad SMARTS) is 1. The van der Waals surface area contributed by atoms with Crippen molar-refractivity contribution >= 4 is 29.9 Å². The fourth-order valence-corrected chi connectivity index (χ4v) is 3.30. The molecule has 0 radical (unpaired) electrons. The number of benzene rings is 1. The van der Waals surface area contributed by atoms with Crippen LogP contribution in [0.1, 0.15) is 32.9 Å². The van der Waals surface area contributed by atoms with Crippen molar-refractivity contribution in [3.8, 4) is 5.69 Å². The van der Waals surface area contributed by atoms with Crippen LogP contribution in [-0.4, -0.2) is 45.4 Å². The van der Waals surface area contributed by atoms with Crippen molar-refractivity contribution < 1.29 is 24.3 Å². The Kier molecular flexibility index (Phi) is 4.64. The zero-order valence-electron chi connectivity index (χ0n) is 15.9. The van der Waals surface area contributed by atoms with Gasteiger partial charge in [0.1, 0.15) is 5.57 Å². The number of amides is 4. The third kappa shape index (κ3) is 2.98. The molecule has 2 aromatic rings. The number of aryl methyl sites for hydroxylation is 1. The van der Waals surface area contributed by atoms with Gasteiger partial charge in [-0.2, -0.15) is 0 Å². The van der Waals surface area contributed by atoms with Crippen molar-refractivity contribution in [1.29, 1.82) is 0 Å². The number of carboxylic acids is 1. The molecule has 1 fully saturated rings. The molecule has 0 bridgehead atoms. The van der Waals surface area contributed by atoms with Gasteiger partial charge in [-0.1, -0.05) is 6.07 Å². The van der Waals surface area contributed by atoms with E-state index in [1.54, 1.807) is 19.1 Å². The van der Waals surface area contributed by atoms with E-state index >= 15 is 0 Å². The summed E-state index contributed by atoms with van der Waals surface area (Å²) >= 11 is 0. The number of nitrogens with zero attached hydrogens (tertiary/aromatic N) is 2. The Bertz CT molecular complexity index is 1080. The Morgan fingerprint density at radius 1 is 1.14 bits per heavy atom. The summed E-state index contributed by atoms with van der Waals surface area (Å²) in [7, 11) is 1.29. The molecule has 2 N–H and O–H groups in total. The Morgan fingerprint density at radius 2 is 1.82 bits per heavy atom. The highest BCUT2D eigenvalue weighted by Crippen LogP contribution is 2.27. The van der Waals surface area contributed by atoms with Crippen LogP contribution in [0.15, 0.2) is 29.8 Å². The molecular formula is C20H19N3O5. The Morgan fingerprint density at radius 3 is 2.46 bits per heavy atom. The SMILES string of the molecule is Cc1c(C(=O)O)cccc1-n1c(C)cc(/C=C2/C(=O)NC(=O)N(C)C2=O)c1C. The van der Waals surface area contributed by atoms with Crippen LogP contribution in [0.3, 0.4) is 0 Å². The number of likely N-dealkylation sites (N-methyl/N-ethyl adjacent to an activating group) is 1. The molecule has 144 valence electrons. The molecule has 0 saturated carbocycles. The lowest BCUT2D eigenvalue weighted by Crippen LogP contribution is -2.52. The number of barbiturate groups is 1. The van der Waals surface area contributed by atoms with Crippen molar-refractivity contribution in [2.24, 2.45) is 0 Å². The molecule has 0 atom stereocenters. The highest BCUT2D eigenvalue weighted by Gasteiger charge is 2.33. The molecule has 4 amide bonds. The molecule has 8 heteroatoms. The van der Waals surface area contributed by atoms with Gasteiger partial charge < -0.3 is 9.67 Å². The average molecular weight is 381 g/mol. The number of urea groups is 1. The number of nitrogens with one attached hydrogen (secondary N) is 1. The Balaban J connectivity index is 2.13. The minimum absolute atomic E-state index is 0.140. The average Bonchev–Trinajstić information content (AvgIpc) is 2.90. The van der Waals surface area contributed by atoms with E-state index in [1.165, 1.54) is 19.2 Å². The first kappa shape index (κ1) is 19.1. The molecule has 1 aromatic carbocycles. The number of carbonyl (C=O) groups excluding carboxylic acids is 3. The van der Waals surface area contributed by atoms with Crippen LogP contribution in [0.25, 0.3) is 11.8 Å². The van der Waals surface area contributed by atoms with Gasteiger partial charge in [-0.15, -0.1) is 0 Å². The summed E-state index contributed by atoms with van der Waals surface area (Å²) in [4.78, 5) is 48.2. The monoisotopic (exact) mass is 381 g/mol. The second-order valence-electron chi connectivity index (χ2n) is 6.60. The number of aromatic nitrogens is 1. The molecule has 1 aliphatic rings. The van der Waals surface area contributed by atoms with Gasteiger partial charge >= 0.3 is 12.0 Å². The molecule has 0 unspecified atom stereocenters. The van der Waals surface area contributed by atoms with Crippen LogP contribution in [-0.2, 0) is 9.59 Å². The van der Waals surface area contributed by atoms with E-state index in [2.05, 4.69) is 5.32 Å². The first-order chi connectivity index (χ1) is 13.1. The second-order valence-corrected chi connectivity index (χ2v) is 6.60. The first-order valence-electron chi connectivity index (χ1n) is 8.50. The molecule has 0 spiro atoms. The van der Waals surface area contributed by atoms with Crippen molar-refractivity contribution in [2.45, 2.75) is 20.8 Å². The van der Waals surface area contributed by atoms with Crippen LogP contribution in [0.2, 0.25) is 0 Å². The largest absolute Gasteiger partial charge is 0.478 e. The van der Waals surface area contributed by atoms with Gasteiger partial charge in [-0.25, -0.2) is 9.59 Å². The maximum Gasteiger partial charge on any atom is 0.336 e. The van der Waals surface area contributed by atoms with Gasteiger partial charge in [0.2, 0.25) is 0 Å². The van der Waals surface area contributed by atoms with Gasteiger partial charge in [0.15, 0.2) is 0 Å². The minimum Gasteiger partial charge on any atom is -0.478 e.